The summed E-state index contributed by atoms with van der Waals surface area (Å²) in [4.78, 5) is 1.87. The van der Waals surface area contributed by atoms with Gasteiger partial charge in [0.1, 0.15) is 6.10 Å². The van der Waals surface area contributed by atoms with Crippen molar-refractivity contribution < 1.29 is 20.4 Å². The van der Waals surface area contributed by atoms with Crippen LogP contribution in [0.3, 0.4) is 0 Å². The number of fused-ring (bicyclic) bond motifs is 4. The van der Waals surface area contributed by atoms with Gasteiger partial charge in [0.2, 0.25) is 0 Å². The molecule has 0 bridgehead atoms. The summed E-state index contributed by atoms with van der Waals surface area (Å²) in [6.45, 7) is 2.25. The Balaban J connectivity index is 1.38. The number of likely N-dealkylation sites (N-methyl/N-ethyl adjacent to an activating group) is 1. The van der Waals surface area contributed by atoms with E-state index in [2.05, 4.69) is 41.4 Å². The van der Waals surface area contributed by atoms with Gasteiger partial charge in [-0.3, -0.25) is 5.10 Å². The van der Waals surface area contributed by atoms with Crippen LogP contribution < -0.4 is 0 Å². The minimum atomic E-state index is -1.21. The zero-order valence-electron chi connectivity index (χ0n) is 20.6. The summed E-state index contributed by atoms with van der Waals surface area (Å²) in [7, 11) is 3.72. The number of nitrogens with zero attached hydrogens (tertiary/aromatic N) is 2. The quantitative estimate of drug-likeness (QED) is 0.454. The molecule has 0 saturated heterocycles. The SMILES string of the molecule is CN(C)[C@H]1C[C@]2(O)CCC3=C(C=C2[C@@H](O)[C@@H]1O)C(O)C[C@]1(C)C(c2ccc4cn[nH]c4c2)=CCC31. The summed E-state index contributed by atoms with van der Waals surface area (Å²) in [5.74, 6) is 0.223. The summed E-state index contributed by atoms with van der Waals surface area (Å²) in [5, 5.41) is 53.3. The molecule has 0 radical (unpaired) electrons. The lowest BCUT2D eigenvalue weighted by Crippen LogP contribution is -2.58. The molecule has 2 aromatic rings. The molecule has 4 aliphatic carbocycles. The van der Waals surface area contributed by atoms with Crippen molar-refractivity contribution in [1.82, 2.24) is 15.1 Å². The van der Waals surface area contributed by atoms with Crippen molar-refractivity contribution in [3.05, 3.63) is 58.8 Å². The van der Waals surface area contributed by atoms with E-state index in [9.17, 15) is 20.4 Å². The van der Waals surface area contributed by atoms with Crippen LogP contribution in [0.25, 0.3) is 16.5 Å². The van der Waals surface area contributed by atoms with Gasteiger partial charge in [-0.25, -0.2) is 0 Å². The molecule has 7 nitrogen and oxygen atoms in total. The Morgan fingerprint density at radius 1 is 1.14 bits per heavy atom. The third-order valence-corrected chi connectivity index (χ3v) is 9.37. The number of aliphatic hydroxyl groups excluding tert-OH is 3. The first-order chi connectivity index (χ1) is 16.6. The second-order valence-electron chi connectivity index (χ2n) is 11.5. The Bertz CT molecular complexity index is 1280. The molecular weight excluding hydrogens is 442 g/mol. The van der Waals surface area contributed by atoms with Crippen molar-refractivity contribution >= 4 is 16.5 Å². The first-order valence-electron chi connectivity index (χ1n) is 12.6. The Labute approximate surface area is 205 Å². The molecule has 1 aromatic carbocycles. The first-order valence-corrected chi connectivity index (χ1v) is 12.6. The molecule has 5 N–H and O–H groups in total. The minimum absolute atomic E-state index is 0.223. The summed E-state index contributed by atoms with van der Waals surface area (Å²) >= 11 is 0. The topological polar surface area (TPSA) is 113 Å². The molecule has 7 atom stereocenters. The van der Waals surface area contributed by atoms with E-state index in [1.54, 1.807) is 0 Å². The van der Waals surface area contributed by atoms with Crippen molar-refractivity contribution in [2.75, 3.05) is 14.1 Å². The molecule has 0 aliphatic heterocycles. The number of H-pyrrole nitrogens is 1. The fourth-order valence-corrected chi connectivity index (χ4v) is 7.40. The first kappa shape index (κ1) is 23.1. The van der Waals surface area contributed by atoms with Crippen molar-refractivity contribution in [3.63, 3.8) is 0 Å². The number of hydrogen-bond donors (Lipinski definition) is 5. The lowest BCUT2D eigenvalue weighted by Gasteiger charge is -2.46. The Morgan fingerprint density at radius 2 is 1.94 bits per heavy atom. The van der Waals surface area contributed by atoms with Gasteiger partial charge >= 0.3 is 0 Å². The van der Waals surface area contributed by atoms with Gasteiger partial charge in [0.25, 0.3) is 0 Å². The molecule has 2 unspecified atom stereocenters. The molecule has 6 rings (SSSR count). The van der Waals surface area contributed by atoms with Crippen LogP contribution in [-0.2, 0) is 0 Å². The average Bonchev–Trinajstić information content (AvgIpc) is 3.37. The fourth-order valence-electron chi connectivity index (χ4n) is 7.40. The van der Waals surface area contributed by atoms with Crippen LogP contribution >= 0.6 is 0 Å². The van der Waals surface area contributed by atoms with Gasteiger partial charge in [0.05, 0.1) is 29.5 Å². The maximum absolute atomic E-state index is 11.7. The van der Waals surface area contributed by atoms with E-state index in [1.807, 2.05) is 31.3 Å². The number of hydrogen-bond acceptors (Lipinski definition) is 6. The van der Waals surface area contributed by atoms with Gasteiger partial charge in [-0.2, -0.15) is 5.10 Å². The van der Waals surface area contributed by atoms with Crippen LogP contribution in [-0.4, -0.2) is 79.6 Å². The minimum Gasteiger partial charge on any atom is -0.388 e. The molecule has 0 spiro atoms. The van der Waals surface area contributed by atoms with E-state index in [0.29, 0.717) is 31.3 Å². The zero-order valence-corrected chi connectivity index (χ0v) is 20.6. The number of nitrogens with one attached hydrogen (secondary N) is 1. The lowest BCUT2D eigenvalue weighted by molar-refractivity contribution is -0.0922. The third-order valence-electron chi connectivity index (χ3n) is 9.37. The van der Waals surface area contributed by atoms with Crippen LogP contribution in [0.2, 0.25) is 0 Å². The zero-order chi connectivity index (χ0) is 24.7. The molecule has 1 heterocycles. The Hall–Kier alpha value is -2.29. The van der Waals surface area contributed by atoms with Crippen LogP contribution in [0, 0.1) is 11.3 Å². The summed E-state index contributed by atoms with van der Waals surface area (Å²) in [6.07, 6.45) is 6.05. The number of aromatic nitrogens is 2. The smallest absolute Gasteiger partial charge is 0.105 e. The fraction of sp³-hybridized carbons (Fsp3) is 0.536. The molecule has 35 heavy (non-hydrogen) atoms. The van der Waals surface area contributed by atoms with Crippen molar-refractivity contribution in [2.45, 2.75) is 69.0 Å². The average molecular weight is 478 g/mol. The van der Waals surface area contributed by atoms with E-state index in [1.165, 1.54) is 11.1 Å². The van der Waals surface area contributed by atoms with Gasteiger partial charge in [-0.15, -0.1) is 0 Å². The highest BCUT2D eigenvalue weighted by Crippen LogP contribution is 2.60. The molecule has 7 heteroatoms. The van der Waals surface area contributed by atoms with Gasteiger partial charge in [-0.1, -0.05) is 36.8 Å². The van der Waals surface area contributed by atoms with Gasteiger partial charge in [-0.05, 0) is 80.5 Å². The van der Waals surface area contributed by atoms with Crippen molar-refractivity contribution in [2.24, 2.45) is 11.3 Å². The molecule has 1 aromatic heterocycles. The molecule has 186 valence electrons. The Kier molecular flexibility index (Phi) is 5.19. The predicted molar refractivity (Wildman–Crippen MR) is 134 cm³/mol. The van der Waals surface area contributed by atoms with E-state index in [4.69, 9.17) is 0 Å². The maximum Gasteiger partial charge on any atom is 0.105 e. The summed E-state index contributed by atoms with van der Waals surface area (Å²) < 4.78 is 0. The highest BCUT2D eigenvalue weighted by atomic mass is 16.3. The van der Waals surface area contributed by atoms with E-state index in [0.717, 1.165) is 28.5 Å². The number of aromatic amines is 1. The van der Waals surface area contributed by atoms with Crippen LogP contribution in [0.15, 0.2) is 53.3 Å². The second kappa shape index (κ2) is 7.85. The lowest BCUT2D eigenvalue weighted by atomic mass is 9.61. The highest BCUT2D eigenvalue weighted by Gasteiger charge is 2.53. The van der Waals surface area contributed by atoms with Gasteiger partial charge in [0.15, 0.2) is 0 Å². The predicted octanol–water partition coefficient (Wildman–Crippen LogP) is 2.54. The van der Waals surface area contributed by atoms with E-state index in [-0.39, 0.29) is 17.4 Å². The standard InChI is InChI=1S/C28H35N3O4/c1-27-13-24(32)18-11-21-25(33)26(34)23(31(2)3)12-28(21,35)9-8-17(18)20(27)7-6-19(27)15-4-5-16-14-29-30-22(16)10-15/h4-6,10-11,14,20,23-26,32-35H,7-9,12-13H2,1-3H3,(H,29,30)/t20?,23-,24?,25+,26+,27+,28+/m0/s1. The normalized spacial score (nSPS) is 39.1. The molecule has 1 saturated carbocycles. The van der Waals surface area contributed by atoms with Gasteiger partial charge < -0.3 is 25.3 Å². The van der Waals surface area contributed by atoms with Crippen LogP contribution in [0.1, 0.15) is 44.6 Å². The van der Waals surface area contributed by atoms with E-state index >= 15 is 0 Å². The number of allylic oxidation sites excluding steroid dienone is 3. The highest BCUT2D eigenvalue weighted by molar-refractivity contribution is 5.85. The Morgan fingerprint density at radius 3 is 2.71 bits per heavy atom. The molecular formula is C28H35N3O4. The molecule has 0 amide bonds. The number of rotatable bonds is 2. The third kappa shape index (κ3) is 3.33. The second-order valence-corrected chi connectivity index (χ2v) is 11.5. The summed E-state index contributed by atoms with van der Waals surface area (Å²) in [5.41, 5.74) is 4.42. The summed E-state index contributed by atoms with van der Waals surface area (Å²) in [6, 6.07) is 6.03. The molecule has 1 fully saturated rings. The van der Waals surface area contributed by atoms with Crippen LogP contribution in [0.4, 0.5) is 0 Å². The van der Waals surface area contributed by atoms with Crippen molar-refractivity contribution in [3.8, 4) is 0 Å². The number of aliphatic hydroxyl groups is 4. The van der Waals surface area contributed by atoms with E-state index < -0.39 is 23.9 Å². The van der Waals surface area contributed by atoms with Crippen molar-refractivity contribution in [1.29, 1.82) is 0 Å². The molecule has 4 aliphatic rings. The number of benzene rings is 1. The maximum atomic E-state index is 11.7. The largest absolute Gasteiger partial charge is 0.388 e. The van der Waals surface area contributed by atoms with Gasteiger partial charge in [0, 0.05) is 16.8 Å². The monoisotopic (exact) mass is 477 g/mol. The van der Waals surface area contributed by atoms with Crippen LogP contribution in [0.5, 0.6) is 0 Å².